The number of carbonyl (C=O) groups excluding carboxylic acids is 2. The van der Waals surface area contributed by atoms with Crippen molar-refractivity contribution in [1.82, 2.24) is 20.4 Å². The topological polar surface area (TPSA) is 114 Å². The van der Waals surface area contributed by atoms with E-state index in [1.807, 2.05) is 0 Å². The van der Waals surface area contributed by atoms with Crippen molar-refractivity contribution in [1.29, 1.82) is 0 Å². The average molecular weight is 319 g/mol. The molecular weight excluding hydrogens is 298 g/mol. The van der Waals surface area contributed by atoms with Crippen LogP contribution in [0.3, 0.4) is 0 Å². The maximum atomic E-state index is 12.6. The number of aromatic nitrogens is 2. The number of hydrogen-bond donors (Lipinski definition) is 2. The molecule has 0 bridgehead atoms. The summed E-state index contributed by atoms with van der Waals surface area (Å²) in [6.45, 7) is 0.00942. The Morgan fingerprint density at radius 1 is 1.13 bits per heavy atom. The highest BCUT2D eigenvalue weighted by molar-refractivity contribution is 6.07. The standard InChI is InChI=1S/C15H21N5O3/c16-14(5-1-2-6-14)11-17-10(23-19-11)9-20-12(21)15(18-13(20)22)7-3-4-8-15/h1-9,16H2,(H,18,22). The zero-order chi connectivity index (χ0) is 16.1. The highest BCUT2D eigenvalue weighted by Gasteiger charge is 2.52. The summed E-state index contributed by atoms with van der Waals surface area (Å²) in [6, 6.07) is -0.375. The minimum atomic E-state index is -0.708. The van der Waals surface area contributed by atoms with Crippen LogP contribution in [0.1, 0.15) is 63.1 Å². The van der Waals surface area contributed by atoms with Crippen LogP contribution in [-0.4, -0.2) is 32.5 Å². The average Bonchev–Trinajstić information content (AvgIpc) is 3.27. The summed E-state index contributed by atoms with van der Waals surface area (Å²) in [7, 11) is 0. The van der Waals surface area contributed by atoms with Gasteiger partial charge in [-0.05, 0) is 25.7 Å². The fourth-order valence-electron chi connectivity index (χ4n) is 4.02. The van der Waals surface area contributed by atoms with Crippen LogP contribution in [-0.2, 0) is 16.9 Å². The first-order valence-electron chi connectivity index (χ1n) is 8.29. The van der Waals surface area contributed by atoms with Crippen molar-refractivity contribution in [2.24, 2.45) is 5.73 Å². The zero-order valence-electron chi connectivity index (χ0n) is 13.0. The number of imide groups is 1. The third-order valence-electron chi connectivity index (χ3n) is 5.41. The lowest BCUT2D eigenvalue weighted by atomic mass is 9.98. The maximum absolute atomic E-state index is 12.6. The minimum absolute atomic E-state index is 0.00942. The fraction of sp³-hybridized carbons (Fsp3) is 0.733. The first-order chi connectivity index (χ1) is 11.0. The second kappa shape index (κ2) is 5.02. The molecule has 1 aromatic rings. The van der Waals surface area contributed by atoms with Crippen LogP contribution < -0.4 is 11.1 Å². The summed E-state index contributed by atoms with van der Waals surface area (Å²) in [5.74, 6) is 0.561. The number of carbonyl (C=O) groups is 2. The van der Waals surface area contributed by atoms with E-state index in [9.17, 15) is 9.59 Å². The van der Waals surface area contributed by atoms with Gasteiger partial charge in [-0.25, -0.2) is 4.79 Å². The van der Waals surface area contributed by atoms with E-state index in [1.54, 1.807) is 0 Å². The molecule has 0 unspecified atom stereocenters. The van der Waals surface area contributed by atoms with Gasteiger partial charge >= 0.3 is 6.03 Å². The number of nitrogens with two attached hydrogens (primary N) is 1. The summed E-state index contributed by atoms with van der Waals surface area (Å²) in [5, 5.41) is 6.81. The van der Waals surface area contributed by atoms with E-state index in [-0.39, 0.29) is 24.4 Å². The smallest absolute Gasteiger partial charge is 0.325 e. The van der Waals surface area contributed by atoms with E-state index in [0.29, 0.717) is 18.7 Å². The van der Waals surface area contributed by atoms with Crippen molar-refractivity contribution in [3.8, 4) is 0 Å². The second-order valence-electron chi connectivity index (χ2n) is 6.99. The molecular formula is C15H21N5O3. The highest BCUT2D eigenvalue weighted by Crippen LogP contribution is 2.36. The summed E-state index contributed by atoms with van der Waals surface area (Å²) in [4.78, 5) is 30.3. The number of nitrogens with zero attached hydrogens (tertiary/aromatic N) is 3. The summed E-state index contributed by atoms with van der Waals surface area (Å²) >= 11 is 0. The SMILES string of the molecule is NC1(c2noc(CN3C(=O)NC4(CCCC4)C3=O)n2)CCCC1. The third kappa shape index (κ3) is 2.23. The molecule has 4 rings (SSSR count). The molecule has 1 spiro atoms. The van der Waals surface area contributed by atoms with Gasteiger partial charge in [0.1, 0.15) is 12.1 Å². The lowest BCUT2D eigenvalue weighted by Crippen LogP contribution is -2.44. The maximum Gasteiger partial charge on any atom is 0.325 e. The van der Waals surface area contributed by atoms with Gasteiger partial charge in [0, 0.05) is 0 Å². The first-order valence-corrected chi connectivity index (χ1v) is 8.29. The van der Waals surface area contributed by atoms with Gasteiger partial charge in [0.05, 0.1) is 5.54 Å². The van der Waals surface area contributed by atoms with Crippen LogP contribution in [0, 0.1) is 0 Å². The first kappa shape index (κ1) is 14.6. The predicted molar refractivity (Wildman–Crippen MR) is 78.9 cm³/mol. The zero-order valence-corrected chi connectivity index (χ0v) is 13.0. The molecule has 0 aromatic carbocycles. The number of hydrogen-bond acceptors (Lipinski definition) is 6. The largest absolute Gasteiger partial charge is 0.337 e. The van der Waals surface area contributed by atoms with E-state index in [1.165, 1.54) is 4.90 Å². The van der Waals surface area contributed by atoms with Crippen LogP contribution in [0.2, 0.25) is 0 Å². The van der Waals surface area contributed by atoms with Crippen LogP contribution >= 0.6 is 0 Å². The van der Waals surface area contributed by atoms with Gasteiger partial charge in [0.25, 0.3) is 5.91 Å². The molecule has 0 atom stereocenters. The molecule has 3 amide bonds. The number of urea groups is 1. The van der Waals surface area contributed by atoms with Gasteiger partial charge in [-0.1, -0.05) is 30.8 Å². The van der Waals surface area contributed by atoms with E-state index in [0.717, 1.165) is 38.5 Å². The van der Waals surface area contributed by atoms with Crippen molar-refractivity contribution in [3.05, 3.63) is 11.7 Å². The molecule has 124 valence electrons. The molecule has 2 saturated carbocycles. The van der Waals surface area contributed by atoms with Gasteiger partial charge in [-0.15, -0.1) is 0 Å². The second-order valence-corrected chi connectivity index (χ2v) is 6.99. The van der Waals surface area contributed by atoms with E-state index < -0.39 is 11.1 Å². The molecule has 23 heavy (non-hydrogen) atoms. The van der Waals surface area contributed by atoms with E-state index in [4.69, 9.17) is 10.3 Å². The molecule has 3 fully saturated rings. The van der Waals surface area contributed by atoms with Crippen LogP contribution in [0.25, 0.3) is 0 Å². The Bertz CT molecular complexity index is 643. The molecule has 2 heterocycles. The molecule has 2 aliphatic carbocycles. The number of rotatable bonds is 3. The predicted octanol–water partition coefficient (Wildman–Crippen LogP) is 1.16. The Kier molecular flexibility index (Phi) is 3.19. The highest BCUT2D eigenvalue weighted by atomic mass is 16.5. The quantitative estimate of drug-likeness (QED) is 0.808. The van der Waals surface area contributed by atoms with Crippen molar-refractivity contribution in [3.63, 3.8) is 0 Å². The van der Waals surface area contributed by atoms with Gasteiger partial charge in [-0.3, -0.25) is 9.69 Å². The molecule has 1 aliphatic heterocycles. The lowest BCUT2D eigenvalue weighted by molar-refractivity contribution is -0.131. The molecule has 1 saturated heterocycles. The Hall–Kier alpha value is -1.96. The van der Waals surface area contributed by atoms with Crippen molar-refractivity contribution in [2.75, 3.05) is 0 Å². The van der Waals surface area contributed by atoms with Gasteiger partial charge in [0.2, 0.25) is 5.89 Å². The van der Waals surface area contributed by atoms with Crippen molar-refractivity contribution in [2.45, 2.75) is 69.0 Å². The Morgan fingerprint density at radius 3 is 2.48 bits per heavy atom. The molecule has 8 nitrogen and oxygen atoms in total. The fourth-order valence-corrected chi connectivity index (χ4v) is 4.02. The van der Waals surface area contributed by atoms with E-state index in [2.05, 4.69) is 15.5 Å². The van der Waals surface area contributed by atoms with Crippen LogP contribution in [0.5, 0.6) is 0 Å². The number of nitrogens with one attached hydrogen (secondary N) is 1. The Labute approximate surface area is 133 Å². The van der Waals surface area contributed by atoms with E-state index >= 15 is 0 Å². The summed E-state index contributed by atoms with van der Waals surface area (Å²) in [5.41, 5.74) is 5.06. The molecule has 3 aliphatic rings. The Balaban J connectivity index is 1.51. The molecule has 8 heteroatoms. The molecule has 3 N–H and O–H groups in total. The summed E-state index contributed by atoms with van der Waals surface area (Å²) < 4.78 is 5.24. The Morgan fingerprint density at radius 2 is 1.78 bits per heavy atom. The lowest BCUT2D eigenvalue weighted by Gasteiger charge is -2.19. The monoisotopic (exact) mass is 319 g/mol. The van der Waals surface area contributed by atoms with Gasteiger partial charge < -0.3 is 15.6 Å². The van der Waals surface area contributed by atoms with Crippen LogP contribution in [0.4, 0.5) is 4.79 Å². The third-order valence-corrected chi connectivity index (χ3v) is 5.41. The normalized spacial score (nSPS) is 25.5. The molecule has 0 radical (unpaired) electrons. The van der Waals surface area contributed by atoms with Gasteiger partial charge in [-0.2, -0.15) is 4.98 Å². The van der Waals surface area contributed by atoms with Crippen molar-refractivity contribution >= 4 is 11.9 Å². The number of amides is 3. The van der Waals surface area contributed by atoms with Gasteiger partial charge in [0.15, 0.2) is 5.82 Å². The molecule has 1 aromatic heterocycles. The van der Waals surface area contributed by atoms with Crippen LogP contribution in [0.15, 0.2) is 4.52 Å². The summed E-state index contributed by atoms with van der Waals surface area (Å²) in [6.07, 6.45) is 7.09. The minimum Gasteiger partial charge on any atom is -0.337 e. The van der Waals surface area contributed by atoms with Crippen molar-refractivity contribution < 1.29 is 14.1 Å².